The molecule has 1 amide bonds. The molecule has 0 unspecified atom stereocenters. The molecular weight excluding hydrogens is 392 g/mol. The number of carbonyl (C=O) groups is 1. The highest BCUT2D eigenvalue weighted by Crippen LogP contribution is 2.25. The monoisotopic (exact) mass is 412 g/mol. The number of piperazine rings is 1. The quantitative estimate of drug-likeness (QED) is 0.640. The fourth-order valence-electron chi connectivity index (χ4n) is 3.40. The molecule has 1 saturated heterocycles. The fraction of sp³-hybridized carbons (Fsp3) is 0.286. The number of hydrogen-bond donors (Lipinski definition) is 0. The molecule has 1 aromatic carbocycles. The Morgan fingerprint density at radius 1 is 1.21 bits per heavy atom. The van der Waals surface area contributed by atoms with Crippen molar-refractivity contribution >= 4 is 17.5 Å². The van der Waals surface area contributed by atoms with Gasteiger partial charge in [0.2, 0.25) is 0 Å². The van der Waals surface area contributed by atoms with Gasteiger partial charge in [0, 0.05) is 67.3 Å². The van der Waals surface area contributed by atoms with Crippen LogP contribution in [0.4, 0.5) is 0 Å². The summed E-state index contributed by atoms with van der Waals surface area (Å²) in [7, 11) is 1.65. The Morgan fingerprint density at radius 3 is 2.76 bits per heavy atom. The lowest BCUT2D eigenvalue weighted by Gasteiger charge is -2.34. The first-order chi connectivity index (χ1) is 14.1. The van der Waals surface area contributed by atoms with E-state index in [1.165, 1.54) is 0 Å². The Hall–Kier alpha value is -2.90. The molecule has 1 aliphatic rings. The molecule has 3 aromatic rings. The lowest BCUT2D eigenvalue weighted by molar-refractivity contribution is 0.0617. The molecule has 3 heterocycles. The van der Waals surface area contributed by atoms with Gasteiger partial charge >= 0.3 is 0 Å². The Bertz CT molecular complexity index is 985. The molecular formula is C21H21ClN4O3. The number of nitrogens with zero attached hydrogens (tertiary/aromatic N) is 4. The maximum atomic E-state index is 12.8. The summed E-state index contributed by atoms with van der Waals surface area (Å²) in [5.41, 5.74) is 2.14. The highest BCUT2D eigenvalue weighted by molar-refractivity contribution is 6.30. The largest absolute Gasteiger partial charge is 0.496 e. The molecule has 29 heavy (non-hydrogen) atoms. The third kappa shape index (κ3) is 4.41. The van der Waals surface area contributed by atoms with Crippen molar-refractivity contribution in [3.8, 4) is 17.1 Å². The van der Waals surface area contributed by atoms with Gasteiger partial charge in [0.25, 0.3) is 5.91 Å². The predicted molar refractivity (Wildman–Crippen MR) is 109 cm³/mol. The van der Waals surface area contributed by atoms with E-state index in [0.29, 0.717) is 29.6 Å². The predicted octanol–water partition coefficient (Wildman–Crippen LogP) is 3.36. The lowest BCUT2D eigenvalue weighted by Crippen LogP contribution is -2.48. The van der Waals surface area contributed by atoms with E-state index in [9.17, 15) is 4.79 Å². The molecule has 0 aliphatic carbocycles. The molecule has 7 nitrogen and oxygen atoms in total. The van der Waals surface area contributed by atoms with Gasteiger partial charge in [0.15, 0.2) is 11.5 Å². The smallest absolute Gasteiger partial charge is 0.276 e. The molecule has 0 N–H and O–H groups in total. The molecule has 0 radical (unpaired) electrons. The van der Waals surface area contributed by atoms with E-state index in [1.807, 2.05) is 30.3 Å². The zero-order chi connectivity index (χ0) is 20.2. The minimum absolute atomic E-state index is 0.121. The molecule has 0 bridgehead atoms. The van der Waals surface area contributed by atoms with E-state index in [-0.39, 0.29) is 5.91 Å². The summed E-state index contributed by atoms with van der Waals surface area (Å²) < 4.78 is 10.8. The van der Waals surface area contributed by atoms with Crippen LogP contribution in [0.25, 0.3) is 11.3 Å². The lowest BCUT2D eigenvalue weighted by atomic mass is 10.1. The van der Waals surface area contributed by atoms with Crippen LogP contribution in [0, 0.1) is 0 Å². The normalized spacial score (nSPS) is 14.8. The maximum absolute atomic E-state index is 12.8. The fourth-order valence-corrected chi connectivity index (χ4v) is 3.60. The molecule has 4 rings (SSSR count). The zero-order valence-electron chi connectivity index (χ0n) is 16.0. The van der Waals surface area contributed by atoms with Crippen LogP contribution in [-0.4, -0.2) is 59.1 Å². The van der Waals surface area contributed by atoms with E-state index in [2.05, 4.69) is 15.0 Å². The van der Waals surface area contributed by atoms with Gasteiger partial charge in [0.1, 0.15) is 5.75 Å². The first-order valence-electron chi connectivity index (χ1n) is 9.35. The Kier molecular flexibility index (Phi) is 5.78. The van der Waals surface area contributed by atoms with Crippen molar-refractivity contribution in [2.75, 3.05) is 33.3 Å². The molecule has 0 spiro atoms. The summed E-state index contributed by atoms with van der Waals surface area (Å²) in [4.78, 5) is 20.9. The van der Waals surface area contributed by atoms with E-state index in [4.69, 9.17) is 20.9 Å². The van der Waals surface area contributed by atoms with Gasteiger partial charge in [-0.15, -0.1) is 0 Å². The second kappa shape index (κ2) is 8.63. The van der Waals surface area contributed by atoms with Crippen LogP contribution in [0.2, 0.25) is 5.02 Å². The Morgan fingerprint density at radius 2 is 2.03 bits per heavy atom. The van der Waals surface area contributed by atoms with Crippen molar-refractivity contribution in [1.82, 2.24) is 19.9 Å². The molecule has 0 saturated carbocycles. The van der Waals surface area contributed by atoms with Gasteiger partial charge in [-0.3, -0.25) is 14.7 Å². The number of methoxy groups -OCH3 is 1. The third-order valence-electron chi connectivity index (χ3n) is 4.97. The van der Waals surface area contributed by atoms with Crippen molar-refractivity contribution in [3.63, 3.8) is 0 Å². The highest BCUT2D eigenvalue weighted by atomic mass is 35.5. The van der Waals surface area contributed by atoms with Crippen molar-refractivity contribution in [1.29, 1.82) is 0 Å². The maximum Gasteiger partial charge on any atom is 0.276 e. The van der Waals surface area contributed by atoms with E-state index in [0.717, 1.165) is 36.5 Å². The van der Waals surface area contributed by atoms with Crippen LogP contribution in [0.3, 0.4) is 0 Å². The average Bonchev–Trinajstić information content (AvgIpc) is 3.25. The van der Waals surface area contributed by atoms with Gasteiger partial charge in [-0.05, 0) is 30.3 Å². The third-order valence-corrected chi connectivity index (χ3v) is 5.21. The number of carbonyl (C=O) groups excluding carboxylic acids is 1. The number of pyridine rings is 1. The SMILES string of the molecule is COc1ccc(Cl)cc1CN1CCN(C(=O)c2cc(-c3cccnc3)on2)CC1. The first-order valence-corrected chi connectivity index (χ1v) is 9.73. The molecule has 150 valence electrons. The average molecular weight is 413 g/mol. The van der Waals surface area contributed by atoms with Crippen molar-refractivity contribution in [3.05, 3.63) is 65.1 Å². The highest BCUT2D eigenvalue weighted by Gasteiger charge is 2.25. The summed E-state index contributed by atoms with van der Waals surface area (Å²) in [5.74, 6) is 1.23. The van der Waals surface area contributed by atoms with E-state index < -0.39 is 0 Å². The summed E-state index contributed by atoms with van der Waals surface area (Å²) in [6.07, 6.45) is 3.36. The van der Waals surface area contributed by atoms with Crippen LogP contribution in [0.1, 0.15) is 16.1 Å². The van der Waals surface area contributed by atoms with E-state index >= 15 is 0 Å². The molecule has 1 fully saturated rings. The van der Waals surface area contributed by atoms with E-state index in [1.54, 1.807) is 30.5 Å². The Labute approximate surface area is 173 Å². The minimum Gasteiger partial charge on any atom is -0.496 e. The number of amides is 1. The van der Waals surface area contributed by atoms with Crippen LogP contribution >= 0.6 is 11.6 Å². The second-order valence-corrected chi connectivity index (χ2v) is 7.28. The molecule has 8 heteroatoms. The van der Waals surface area contributed by atoms with Gasteiger partial charge in [-0.1, -0.05) is 16.8 Å². The number of benzene rings is 1. The van der Waals surface area contributed by atoms with Crippen LogP contribution in [-0.2, 0) is 6.54 Å². The van der Waals surface area contributed by atoms with Gasteiger partial charge in [0.05, 0.1) is 7.11 Å². The number of halogens is 1. The van der Waals surface area contributed by atoms with Gasteiger partial charge in [-0.2, -0.15) is 0 Å². The van der Waals surface area contributed by atoms with Crippen molar-refractivity contribution in [2.24, 2.45) is 0 Å². The van der Waals surface area contributed by atoms with Crippen molar-refractivity contribution < 1.29 is 14.1 Å². The topological polar surface area (TPSA) is 71.7 Å². The zero-order valence-corrected chi connectivity index (χ0v) is 16.8. The molecule has 2 aromatic heterocycles. The van der Waals surface area contributed by atoms with Crippen molar-refractivity contribution in [2.45, 2.75) is 6.54 Å². The number of aromatic nitrogens is 2. The standard InChI is InChI=1S/C21H21ClN4O3/c1-28-19-5-4-17(22)11-16(19)14-25-7-9-26(10-8-25)21(27)18-12-20(29-24-18)15-3-2-6-23-13-15/h2-6,11-13H,7-10,14H2,1H3. The summed E-state index contributed by atoms with van der Waals surface area (Å²) >= 11 is 6.12. The number of hydrogen-bond acceptors (Lipinski definition) is 6. The first kappa shape index (κ1) is 19.4. The Balaban J connectivity index is 1.37. The molecule has 0 atom stereocenters. The van der Waals surface area contributed by atoms with Crippen LogP contribution in [0.15, 0.2) is 53.3 Å². The summed E-state index contributed by atoms with van der Waals surface area (Å²) in [6, 6.07) is 11.0. The van der Waals surface area contributed by atoms with Crippen LogP contribution in [0.5, 0.6) is 5.75 Å². The number of ether oxygens (including phenoxy) is 1. The van der Waals surface area contributed by atoms with Gasteiger partial charge in [-0.25, -0.2) is 0 Å². The summed E-state index contributed by atoms with van der Waals surface area (Å²) in [5, 5.41) is 4.63. The summed E-state index contributed by atoms with van der Waals surface area (Å²) in [6.45, 7) is 3.48. The minimum atomic E-state index is -0.121. The molecule has 1 aliphatic heterocycles. The van der Waals surface area contributed by atoms with Crippen LogP contribution < -0.4 is 4.74 Å². The van der Waals surface area contributed by atoms with Gasteiger partial charge < -0.3 is 14.2 Å². The second-order valence-electron chi connectivity index (χ2n) is 6.84. The number of rotatable bonds is 5.